The molecule has 5 nitrogen and oxygen atoms in total. The molecule has 0 atom stereocenters. The Labute approximate surface area is 118 Å². The van der Waals surface area contributed by atoms with Gasteiger partial charge in [-0.15, -0.1) is 0 Å². The van der Waals surface area contributed by atoms with Crippen molar-refractivity contribution in [2.75, 3.05) is 0 Å². The molecule has 5 heteroatoms. The highest BCUT2D eigenvalue weighted by Gasteiger charge is 2.29. The van der Waals surface area contributed by atoms with Crippen molar-refractivity contribution >= 4 is 11.8 Å². The molecule has 0 bridgehead atoms. The fraction of sp³-hybridized carbons (Fsp3) is 0.467. The van der Waals surface area contributed by atoms with Gasteiger partial charge in [0.25, 0.3) is 5.91 Å². The zero-order valence-corrected chi connectivity index (χ0v) is 12.0. The lowest BCUT2D eigenvalue weighted by Crippen LogP contribution is -2.42. The molecule has 2 rings (SSSR count). The Hall–Kier alpha value is -2.04. The van der Waals surface area contributed by atoms with E-state index in [4.69, 9.17) is 4.74 Å². The van der Waals surface area contributed by atoms with Crippen molar-refractivity contribution in [3.05, 3.63) is 29.8 Å². The number of amides is 2. The first-order valence-electron chi connectivity index (χ1n) is 6.74. The topological polar surface area (TPSA) is 67.4 Å². The van der Waals surface area contributed by atoms with Crippen molar-refractivity contribution in [3.63, 3.8) is 0 Å². The molecule has 1 fully saturated rings. The number of nitrogens with one attached hydrogen (secondary N) is 2. The Morgan fingerprint density at radius 1 is 1.10 bits per heavy atom. The van der Waals surface area contributed by atoms with Crippen molar-refractivity contribution in [2.45, 2.75) is 39.2 Å². The van der Waals surface area contributed by atoms with E-state index >= 15 is 0 Å². The lowest BCUT2D eigenvalue weighted by molar-refractivity contribution is -0.123. The molecular formula is C15H20N2O3. The van der Waals surface area contributed by atoms with Crippen LogP contribution in [-0.2, 0) is 4.79 Å². The fourth-order valence-electron chi connectivity index (χ4n) is 1.67. The van der Waals surface area contributed by atoms with E-state index in [9.17, 15) is 9.59 Å². The second kappa shape index (κ2) is 5.53. The van der Waals surface area contributed by atoms with Crippen LogP contribution in [0.4, 0.5) is 0 Å². The van der Waals surface area contributed by atoms with E-state index in [0.29, 0.717) is 11.3 Å². The van der Waals surface area contributed by atoms with E-state index in [0.717, 1.165) is 12.8 Å². The molecule has 0 saturated heterocycles. The van der Waals surface area contributed by atoms with E-state index < -0.39 is 0 Å². The summed E-state index contributed by atoms with van der Waals surface area (Å²) < 4.78 is 5.67. The Balaban J connectivity index is 1.88. The Morgan fingerprint density at radius 3 is 2.20 bits per heavy atom. The van der Waals surface area contributed by atoms with E-state index in [1.807, 2.05) is 20.8 Å². The van der Waals surface area contributed by atoms with Crippen LogP contribution in [0.1, 0.15) is 44.0 Å². The predicted molar refractivity (Wildman–Crippen MR) is 75.2 cm³/mol. The normalized spacial score (nSPS) is 14.6. The van der Waals surface area contributed by atoms with Crippen LogP contribution in [0.5, 0.6) is 5.75 Å². The summed E-state index contributed by atoms with van der Waals surface area (Å²) in [5.41, 5.74) is 5.03. The lowest BCUT2D eigenvalue weighted by atomic mass is 10.1. The van der Waals surface area contributed by atoms with E-state index in [-0.39, 0.29) is 23.3 Å². The van der Waals surface area contributed by atoms with Crippen LogP contribution >= 0.6 is 0 Å². The third-order valence-electron chi connectivity index (χ3n) is 2.79. The number of ether oxygens (including phenoxy) is 1. The summed E-state index contributed by atoms with van der Waals surface area (Å²) in [5, 5.41) is 0. The Morgan fingerprint density at radius 2 is 1.70 bits per heavy atom. The van der Waals surface area contributed by atoms with Crippen LogP contribution in [0, 0.1) is 5.92 Å². The molecular weight excluding hydrogens is 256 g/mol. The lowest BCUT2D eigenvalue weighted by Gasteiger charge is -2.21. The maximum absolute atomic E-state index is 11.8. The Bertz CT molecular complexity index is 499. The molecule has 0 unspecified atom stereocenters. The second-order valence-electron chi connectivity index (χ2n) is 5.96. The van der Waals surface area contributed by atoms with Gasteiger partial charge in [-0.3, -0.25) is 20.4 Å². The summed E-state index contributed by atoms with van der Waals surface area (Å²) in [6, 6.07) is 6.81. The monoisotopic (exact) mass is 276 g/mol. The number of carbonyl (C=O) groups is 2. The van der Waals surface area contributed by atoms with Gasteiger partial charge in [-0.25, -0.2) is 0 Å². The van der Waals surface area contributed by atoms with Crippen molar-refractivity contribution in [3.8, 4) is 5.75 Å². The summed E-state index contributed by atoms with van der Waals surface area (Å²) in [5.74, 6) is 0.321. The summed E-state index contributed by atoms with van der Waals surface area (Å²) in [6.07, 6.45) is 1.81. The molecule has 1 aliphatic carbocycles. The van der Waals surface area contributed by atoms with Gasteiger partial charge in [-0.05, 0) is 57.9 Å². The molecule has 1 aromatic rings. The molecule has 0 heterocycles. The average molecular weight is 276 g/mol. The molecule has 20 heavy (non-hydrogen) atoms. The maximum atomic E-state index is 11.8. The fourth-order valence-corrected chi connectivity index (χ4v) is 1.67. The number of carbonyl (C=O) groups excluding carboxylic acids is 2. The largest absolute Gasteiger partial charge is 0.488 e. The maximum Gasteiger partial charge on any atom is 0.269 e. The molecule has 1 aliphatic rings. The van der Waals surface area contributed by atoms with Gasteiger partial charge in [-0.1, -0.05) is 0 Å². The number of hydrogen-bond donors (Lipinski definition) is 2. The van der Waals surface area contributed by atoms with E-state index in [1.165, 1.54) is 0 Å². The van der Waals surface area contributed by atoms with Crippen molar-refractivity contribution in [2.24, 2.45) is 5.92 Å². The molecule has 1 aromatic carbocycles. The summed E-state index contributed by atoms with van der Waals surface area (Å²) in [4.78, 5) is 23.2. The zero-order chi connectivity index (χ0) is 14.8. The molecule has 2 N–H and O–H groups in total. The van der Waals surface area contributed by atoms with Gasteiger partial charge in [-0.2, -0.15) is 0 Å². The summed E-state index contributed by atoms with van der Waals surface area (Å²) in [6.45, 7) is 5.88. The highest BCUT2D eigenvalue weighted by Crippen LogP contribution is 2.28. The first kappa shape index (κ1) is 14.4. The van der Waals surface area contributed by atoms with Crippen LogP contribution in [0.3, 0.4) is 0 Å². The molecule has 0 radical (unpaired) electrons. The third-order valence-corrected chi connectivity index (χ3v) is 2.79. The first-order valence-corrected chi connectivity index (χ1v) is 6.74. The molecule has 108 valence electrons. The smallest absolute Gasteiger partial charge is 0.269 e. The standard InChI is InChI=1S/C15H20N2O3/c1-15(2,3)20-12-8-6-11(7-9-12)14(19)17-16-13(18)10-4-5-10/h6-10H,4-5H2,1-3H3,(H,16,18)(H,17,19). The minimum Gasteiger partial charge on any atom is -0.488 e. The van der Waals surface area contributed by atoms with Gasteiger partial charge in [0.2, 0.25) is 5.91 Å². The van der Waals surface area contributed by atoms with Crippen molar-refractivity contribution < 1.29 is 14.3 Å². The number of rotatable bonds is 3. The summed E-state index contributed by atoms with van der Waals surface area (Å²) >= 11 is 0. The van der Waals surface area contributed by atoms with E-state index in [1.54, 1.807) is 24.3 Å². The molecule has 0 aliphatic heterocycles. The molecule has 0 spiro atoms. The highest BCUT2D eigenvalue weighted by molar-refractivity contribution is 5.95. The van der Waals surface area contributed by atoms with Gasteiger partial charge in [0.05, 0.1) is 0 Å². The van der Waals surface area contributed by atoms with Crippen LogP contribution < -0.4 is 15.6 Å². The van der Waals surface area contributed by atoms with Crippen LogP contribution in [-0.4, -0.2) is 17.4 Å². The van der Waals surface area contributed by atoms with Crippen LogP contribution in [0.15, 0.2) is 24.3 Å². The molecule has 2 amide bonds. The van der Waals surface area contributed by atoms with Gasteiger partial charge in [0.15, 0.2) is 0 Å². The van der Waals surface area contributed by atoms with Gasteiger partial charge in [0, 0.05) is 11.5 Å². The van der Waals surface area contributed by atoms with Crippen molar-refractivity contribution in [1.29, 1.82) is 0 Å². The van der Waals surface area contributed by atoms with Gasteiger partial charge in [0.1, 0.15) is 11.4 Å². The average Bonchev–Trinajstić information content (AvgIpc) is 3.18. The molecule has 1 saturated carbocycles. The third kappa shape index (κ3) is 4.26. The molecule has 0 aromatic heterocycles. The van der Waals surface area contributed by atoms with E-state index in [2.05, 4.69) is 10.9 Å². The SMILES string of the molecule is CC(C)(C)Oc1ccc(C(=O)NNC(=O)C2CC2)cc1. The van der Waals surface area contributed by atoms with Gasteiger partial charge < -0.3 is 4.74 Å². The predicted octanol–water partition coefficient (Wildman–Crippen LogP) is 2.03. The van der Waals surface area contributed by atoms with Crippen LogP contribution in [0.25, 0.3) is 0 Å². The number of hydrazine groups is 1. The summed E-state index contributed by atoms with van der Waals surface area (Å²) in [7, 11) is 0. The second-order valence-corrected chi connectivity index (χ2v) is 5.96. The van der Waals surface area contributed by atoms with Gasteiger partial charge >= 0.3 is 0 Å². The van der Waals surface area contributed by atoms with Crippen molar-refractivity contribution in [1.82, 2.24) is 10.9 Å². The highest BCUT2D eigenvalue weighted by atomic mass is 16.5. The minimum absolute atomic E-state index is 0.0675. The minimum atomic E-state index is -0.332. The zero-order valence-electron chi connectivity index (χ0n) is 12.0. The number of hydrogen-bond acceptors (Lipinski definition) is 3. The Kier molecular flexibility index (Phi) is 3.97. The van der Waals surface area contributed by atoms with Crippen LogP contribution in [0.2, 0.25) is 0 Å². The number of benzene rings is 1. The first-order chi connectivity index (χ1) is 9.35. The quantitative estimate of drug-likeness (QED) is 0.830.